The van der Waals surface area contributed by atoms with Crippen molar-refractivity contribution in [2.45, 2.75) is 31.8 Å². The fraction of sp³-hybridized carbons (Fsp3) is 0.214. The zero-order valence-electron chi connectivity index (χ0n) is 22.6. The molecule has 15 heteroatoms. The SMILES string of the molecule is C/C(=C\c1ccc2c(c1)N(S(=O)(=O)c1ccc(F)c(OC(F)F)c1)CCO2)c1c(F)cccc1Cl.CCc1n[nH]c(=O)o1. The number of aromatic nitrogens is 2. The molecule has 0 bridgehead atoms. The summed E-state index contributed by atoms with van der Waals surface area (Å²) >= 11 is 6.14. The monoisotopic (exact) mass is 641 g/mol. The number of hydrogen-bond donors (Lipinski definition) is 1. The number of aryl methyl sites for hydroxylation is 1. The van der Waals surface area contributed by atoms with E-state index in [2.05, 4.69) is 19.4 Å². The predicted octanol–water partition coefficient (Wildman–Crippen LogP) is 6.29. The van der Waals surface area contributed by atoms with Crippen molar-refractivity contribution in [3.05, 3.63) is 98.8 Å². The summed E-state index contributed by atoms with van der Waals surface area (Å²) in [6.45, 7) is 0.152. The van der Waals surface area contributed by atoms with E-state index < -0.39 is 44.7 Å². The van der Waals surface area contributed by atoms with Crippen LogP contribution in [-0.4, -0.2) is 38.4 Å². The van der Waals surface area contributed by atoms with Gasteiger partial charge in [-0.2, -0.15) is 8.78 Å². The molecule has 0 spiro atoms. The van der Waals surface area contributed by atoms with Gasteiger partial charge in [-0.1, -0.05) is 36.7 Å². The molecule has 0 amide bonds. The van der Waals surface area contributed by atoms with Gasteiger partial charge >= 0.3 is 12.4 Å². The average molecular weight is 642 g/mol. The van der Waals surface area contributed by atoms with Crippen molar-refractivity contribution >= 4 is 39.0 Å². The van der Waals surface area contributed by atoms with E-state index in [1.165, 1.54) is 18.2 Å². The maximum Gasteiger partial charge on any atom is 0.434 e. The van der Waals surface area contributed by atoms with Crippen LogP contribution in [0.2, 0.25) is 5.02 Å². The highest BCUT2D eigenvalue weighted by Crippen LogP contribution is 2.38. The first kappa shape index (κ1) is 31.6. The number of benzene rings is 3. The quantitative estimate of drug-likeness (QED) is 0.186. The Hall–Kier alpha value is -4.30. The van der Waals surface area contributed by atoms with Gasteiger partial charge in [-0.15, -0.1) is 5.10 Å². The van der Waals surface area contributed by atoms with Gasteiger partial charge in [0.25, 0.3) is 10.0 Å². The number of anilines is 1. The van der Waals surface area contributed by atoms with Crippen molar-refractivity contribution in [3.63, 3.8) is 0 Å². The summed E-state index contributed by atoms with van der Waals surface area (Å²) in [5.41, 5.74) is 1.43. The second-order valence-electron chi connectivity index (χ2n) is 8.91. The summed E-state index contributed by atoms with van der Waals surface area (Å²) in [7, 11) is -4.30. The van der Waals surface area contributed by atoms with Crippen LogP contribution in [0.15, 0.2) is 68.7 Å². The molecule has 1 aliphatic heterocycles. The molecule has 1 aliphatic rings. The lowest BCUT2D eigenvalue weighted by Crippen LogP contribution is -2.38. The number of H-pyrrole nitrogens is 1. The Morgan fingerprint density at radius 3 is 2.56 bits per heavy atom. The first-order valence-corrected chi connectivity index (χ1v) is 14.4. The number of nitrogens with one attached hydrogen (secondary N) is 1. The highest BCUT2D eigenvalue weighted by molar-refractivity contribution is 7.92. The Labute approximate surface area is 248 Å². The van der Waals surface area contributed by atoms with Gasteiger partial charge < -0.3 is 13.9 Å². The molecule has 9 nitrogen and oxygen atoms in total. The van der Waals surface area contributed by atoms with Gasteiger partial charge in [-0.3, -0.25) is 4.31 Å². The number of hydrogen-bond acceptors (Lipinski definition) is 7. The summed E-state index contributed by atoms with van der Waals surface area (Å²) in [4.78, 5) is 9.73. The highest BCUT2D eigenvalue weighted by Gasteiger charge is 2.31. The van der Waals surface area contributed by atoms with E-state index >= 15 is 0 Å². The van der Waals surface area contributed by atoms with Crippen LogP contribution < -0.4 is 19.5 Å². The van der Waals surface area contributed by atoms with Crippen molar-refractivity contribution in [3.8, 4) is 11.5 Å². The third-order valence-corrected chi connectivity index (χ3v) is 8.16. The molecule has 0 atom stereocenters. The number of aromatic amines is 1. The van der Waals surface area contributed by atoms with Crippen LogP contribution in [0.5, 0.6) is 11.5 Å². The van der Waals surface area contributed by atoms with Gasteiger partial charge in [0.05, 0.1) is 22.2 Å². The summed E-state index contributed by atoms with van der Waals surface area (Å²) in [5.74, 6) is -2.28. The Kier molecular flexibility index (Phi) is 9.81. The van der Waals surface area contributed by atoms with Crippen LogP contribution in [0.1, 0.15) is 30.9 Å². The Balaban J connectivity index is 0.000000458. The van der Waals surface area contributed by atoms with E-state index in [4.69, 9.17) is 16.3 Å². The number of nitrogens with zero attached hydrogens (tertiary/aromatic N) is 2. The largest absolute Gasteiger partial charge is 0.489 e. The second-order valence-corrected chi connectivity index (χ2v) is 11.2. The third-order valence-electron chi connectivity index (χ3n) is 6.04. The number of alkyl halides is 2. The maximum atomic E-state index is 14.3. The number of allylic oxidation sites excluding steroid dienone is 1. The molecule has 43 heavy (non-hydrogen) atoms. The van der Waals surface area contributed by atoms with Crippen LogP contribution in [0.4, 0.5) is 23.2 Å². The molecule has 0 aliphatic carbocycles. The lowest BCUT2D eigenvalue weighted by atomic mass is 10.0. The van der Waals surface area contributed by atoms with Crippen molar-refractivity contribution < 1.29 is 39.9 Å². The van der Waals surface area contributed by atoms with E-state index in [1.807, 2.05) is 6.92 Å². The summed E-state index contributed by atoms with van der Waals surface area (Å²) in [5, 5.41) is 5.90. The number of fused-ring (bicyclic) bond motifs is 1. The Morgan fingerprint density at radius 1 is 1.16 bits per heavy atom. The van der Waals surface area contributed by atoms with Crippen LogP contribution in [0.3, 0.4) is 0 Å². The average Bonchev–Trinajstić information content (AvgIpc) is 3.39. The minimum atomic E-state index is -4.30. The summed E-state index contributed by atoms with van der Waals surface area (Å²) in [6.07, 6.45) is 2.29. The van der Waals surface area contributed by atoms with Gasteiger partial charge in [0.1, 0.15) is 18.2 Å². The Bertz CT molecular complexity index is 1790. The van der Waals surface area contributed by atoms with Crippen LogP contribution >= 0.6 is 11.6 Å². The molecule has 5 rings (SSSR count). The zero-order valence-corrected chi connectivity index (χ0v) is 24.2. The number of halogens is 5. The van der Waals surface area contributed by atoms with Gasteiger partial charge in [0.15, 0.2) is 11.6 Å². The summed E-state index contributed by atoms with van der Waals surface area (Å²) in [6, 6.07) is 11.5. The zero-order chi connectivity index (χ0) is 31.3. The lowest BCUT2D eigenvalue weighted by molar-refractivity contribution is -0.0523. The molecule has 0 radical (unpaired) electrons. The molecule has 0 unspecified atom stereocenters. The highest BCUT2D eigenvalue weighted by atomic mass is 35.5. The van der Waals surface area contributed by atoms with Gasteiger partial charge in [-0.05, 0) is 54.5 Å². The topological polar surface area (TPSA) is 115 Å². The van der Waals surface area contributed by atoms with Crippen molar-refractivity contribution in [1.82, 2.24) is 10.2 Å². The first-order valence-electron chi connectivity index (χ1n) is 12.6. The maximum absolute atomic E-state index is 14.3. The molecule has 4 aromatic rings. The minimum absolute atomic E-state index is 0.0346. The molecular weight excluding hydrogens is 618 g/mol. The van der Waals surface area contributed by atoms with E-state index in [1.54, 1.807) is 31.2 Å². The number of sulfonamides is 1. The molecule has 0 saturated carbocycles. The summed E-state index contributed by atoms with van der Waals surface area (Å²) < 4.78 is 95.3. The smallest absolute Gasteiger partial charge is 0.434 e. The number of ether oxygens (including phenoxy) is 2. The van der Waals surface area contributed by atoms with Gasteiger partial charge in [0.2, 0.25) is 5.89 Å². The van der Waals surface area contributed by atoms with E-state index in [0.717, 1.165) is 16.4 Å². The van der Waals surface area contributed by atoms with Crippen LogP contribution in [-0.2, 0) is 16.4 Å². The predicted molar refractivity (Wildman–Crippen MR) is 151 cm³/mol. The number of rotatable bonds is 7. The van der Waals surface area contributed by atoms with Crippen molar-refractivity contribution in [2.75, 3.05) is 17.5 Å². The normalized spacial score (nSPS) is 13.2. The standard InChI is InChI=1S/C24H18ClF4NO4S.C4H6N2O2/c1-14(23-17(25)3-2-4-19(23)27)11-15-5-8-21-20(12-15)30(9-10-33-21)35(31,32)16-6-7-18(26)22(13-16)34-24(28)29;1-2-3-5-6-4(7)8-3/h2-8,11-13,24H,9-10H2,1H3;2H2,1H3,(H,6,7)/b14-11+;. The molecular formula is C28H24ClF4N3O6S. The first-order chi connectivity index (χ1) is 20.4. The Morgan fingerprint density at radius 2 is 1.93 bits per heavy atom. The van der Waals surface area contributed by atoms with Crippen LogP contribution in [0.25, 0.3) is 11.6 Å². The minimum Gasteiger partial charge on any atom is -0.489 e. The fourth-order valence-corrected chi connectivity index (χ4v) is 5.90. The van der Waals surface area contributed by atoms with Crippen molar-refractivity contribution in [2.24, 2.45) is 0 Å². The van der Waals surface area contributed by atoms with Crippen LogP contribution in [0, 0.1) is 11.6 Å². The molecule has 3 aromatic carbocycles. The second kappa shape index (κ2) is 13.3. The van der Waals surface area contributed by atoms with Gasteiger partial charge in [0, 0.05) is 18.1 Å². The lowest BCUT2D eigenvalue weighted by Gasteiger charge is -2.31. The van der Waals surface area contributed by atoms with E-state index in [0.29, 0.717) is 29.5 Å². The molecule has 0 saturated heterocycles. The third kappa shape index (κ3) is 7.38. The molecule has 1 N–H and O–H groups in total. The van der Waals surface area contributed by atoms with Gasteiger partial charge in [-0.25, -0.2) is 27.1 Å². The fourth-order valence-electron chi connectivity index (χ4n) is 4.12. The van der Waals surface area contributed by atoms with Crippen molar-refractivity contribution in [1.29, 1.82) is 0 Å². The van der Waals surface area contributed by atoms with E-state index in [-0.39, 0.29) is 35.2 Å². The molecule has 0 fully saturated rings. The van der Waals surface area contributed by atoms with E-state index in [9.17, 15) is 30.8 Å². The molecule has 228 valence electrons. The molecule has 1 aromatic heterocycles. The molecule has 2 heterocycles.